The monoisotopic (exact) mass is 269 g/mol. The maximum atomic E-state index is 11.6. The van der Waals surface area contributed by atoms with Gasteiger partial charge < -0.3 is 14.6 Å². The first-order valence-corrected chi connectivity index (χ1v) is 5.95. The Morgan fingerprint density at radius 2 is 2.11 bits per heavy atom. The van der Waals surface area contributed by atoms with Gasteiger partial charge >= 0.3 is 5.97 Å². The minimum absolute atomic E-state index is 0.0524. The number of aliphatic hydroxyl groups excluding tert-OH is 1. The Morgan fingerprint density at radius 1 is 1.47 bits per heavy atom. The number of hydrogen-bond donors (Lipinski definition) is 1. The van der Waals surface area contributed by atoms with Crippen LogP contribution in [0.4, 0.5) is 0 Å². The van der Waals surface area contributed by atoms with E-state index in [0.717, 1.165) is 17.1 Å². The maximum Gasteiger partial charge on any atom is 0.330 e. The molecular formula is C12H15NO6. The summed E-state index contributed by atoms with van der Waals surface area (Å²) in [5.74, 6) is -1.28. The number of aliphatic hydroxyl groups is 1. The molecular weight excluding hydrogens is 254 g/mol. The third kappa shape index (κ3) is 2.99. The number of carbonyl (C=O) groups is 3. The van der Waals surface area contributed by atoms with Crippen molar-refractivity contribution in [1.82, 2.24) is 4.90 Å². The molecule has 7 heteroatoms. The normalized spacial score (nSPS) is 26.7. The van der Waals surface area contributed by atoms with E-state index in [2.05, 4.69) is 4.74 Å². The fourth-order valence-corrected chi connectivity index (χ4v) is 2.00. The highest BCUT2D eigenvalue weighted by molar-refractivity contribution is 6.08. The van der Waals surface area contributed by atoms with Crippen molar-refractivity contribution in [2.45, 2.75) is 12.7 Å². The summed E-state index contributed by atoms with van der Waals surface area (Å²) < 4.78 is 9.30. The molecule has 2 rings (SSSR count). The number of fused-ring (bicyclic) bond motifs is 1. The molecule has 2 fully saturated rings. The SMILES string of the molecule is COC(O)/C=C/C(=O)OCCN1C(=O)C2CC2C1=O. The molecule has 19 heavy (non-hydrogen) atoms. The molecule has 0 aromatic heterocycles. The summed E-state index contributed by atoms with van der Waals surface area (Å²) in [5.41, 5.74) is 0. The fraction of sp³-hybridized carbons (Fsp3) is 0.583. The number of carbonyl (C=O) groups excluding carboxylic acids is 3. The third-order valence-electron chi connectivity index (χ3n) is 3.15. The van der Waals surface area contributed by atoms with Gasteiger partial charge in [0.05, 0.1) is 18.4 Å². The smallest absolute Gasteiger partial charge is 0.330 e. The fourth-order valence-electron chi connectivity index (χ4n) is 2.00. The molecule has 2 amide bonds. The molecule has 3 atom stereocenters. The lowest BCUT2D eigenvalue weighted by atomic mass is 10.4. The number of hydrogen-bond acceptors (Lipinski definition) is 6. The van der Waals surface area contributed by atoms with Crippen LogP contribution in [-0.4, -0.2) is 54.3 Å². The first kappa shape index (κ1) is 13.7. The van der Waals surface area contributed by atoms with Crippen LogP contribution in [0.1, 0.15) is 6.42 Å². The van der Waals surface area contributed by atoms with Gasteiger partial charge in [-0.2, -0.15) is 0 Å². The predicted molar refractivity (Wildman–Crippen MR) is 61.4 cm³/mol. The van der Waals surface area contributed by atoms with E-state index >= 15 is 0 Å². The van der Waals surface area contributed by atoms with E-state index in [4.69, 9.17) is 9.84 Å². The van der Waals surface area contributed by atoms with Crippen LogP contribution in [0.25, 0.3) is 0 Å². The molecule has 0 aromatic rings. The van der Waals surface area contributed by atoms with Crippen molar-refractivity contribution in [3.8, 4) is 0 Å². The van der Waals surface area contributed by atoms with Crippen LogP contribution in [0.15, 0.2) is 12.2 Å². The second kappa shape index (κ2) is 5.50. The zero-order valence-corrected chi connectivity index (χ0v) is 10.4. The van der Waals surface area contributed by atoms with Crippen molar-refractivity contribution in [3.63, 3.8) is 0 Å². The molecule has 1 aliphatic carbocycles. The number of methoxy groups -OCH3 is 1. The van der Waals surface area contributed by atoms with Crippen molar-refractivity contribution in [2.24, 2.45) is 11.8 Å². The topological polar surface area (TPSA) is 93.1 Å². The summed E-state index contributed by atoms with van der Waals surface area (Å²) in [4.78, 5) is 35.5. The number of amides is 2. The quantitative estimate of drug-likeness (QED) is 0.289. The molecule has 1 saturated carbocycles. The minimum atomic E-state index is -1.17. The molecule has 104 valence electrons. The zero-order chi connectivity index (χ0) is 14.0. The lowest BCUT2D eigenvalue weighted by Gasteiger charge is -2.15. The number of nitrogens with zero attached hydrogens (tertiary/aromatic N) is 1. The first-order chi connectivity index (χ1) is 9.04. The summed E-state index contributed by atoms with van der Waals surface area (Å²) in [5, 5.41) is 8.99. The Hall–Kier alpha value is -1.73. The second-order valence-electron chi connectivity index (χ2n) is 4.43. The van der Waals surface area contributed by atoms with Gasteiger partial charge in [-0.1, -0.05) is 0 Å². The van der Waals surface area contributed by atoms with E-state index < -0.39 is 12.3 Å². The zero-order valence-electron chi connectivity index (χ0n) is 10.4. The van der Waals surface area contributed by atoms with Crippen LogP contribution in [0, 0.1) is 11.8 Å². The second-order valence-corrected chi connectivity index (χ2v) is 4.43. The molecule has 0 spiro atoms. The molecule has 1 aliphatic heterocycles. The van der Waals surface area contributed by atoms with Crippen LogP contribution in [0.3, 0.4) is 0 Å². The maximum absolute atomic E-state index is 11.6. The molecule has 0 bridgehead atoms. The molecule has 1 heterocycles. The predicted octanol–water partition coefficient (Wildman–Crippen LogP) is -0.944. The highest BCUT2D eigenvalue weighted by atomic mass is 16.6. The van der Waals surface area contributed by atoms with Crippen molar-refractivity contribution in [2.75, 3.05) is 20.3 Å². The highest BCUT2D eigenvalue weighted by Gasteiger charge is 2.58. The number of esters is 1. The van der Waals surface area contributed by atoms with Crippen LogP contribution in [0.5, 0.6) is 0 Å². The van der Waals surface area contributed by atoms with Crippen molar-refractivity contribution in [3.05, 3.63) is 12.2 Å². The average molecular weight is 269 g/mol. The standard InChI is InChI=1S/C12H15NO6/c1-18-9(14)2-3-10(15)19-5-4-13-11(16)7-6-8(7)12(13)17/h2-3,7-9,14H,4-6H2,1H3/b3-2+. The van der Waals surface area contributed by atoms with Gasteiger partial charge in [-0.05, 0) is 12.5 Å². The number of rotatable bonds is 6. The Bertz CT molecular complexity index is 412. The van der Waals surface area contributed by atoms with Crippen LogP contribution < -0.4 is 0 Å². The number of likely N-dealkylation sites (tertiary alicyclic amines) is 1. The number of imide groups is 1. The van der Waals surface area contributed by atoms with Gasteiger partial charge in [-0.15, -0.1) is 0 Å². The van der Waals surface area contributed by atoms with Gasteiger partial charge in [0, 0.05) is 13.2 Å². The number of ether oxygens (including phenoxy) is 2. The van der Waals surface area contributed by atoms with Crippen molar-refractivity contribution < 1.29 is 29.0 Å². The summed E-state index contributed by atoms with van der Waals surface area (Å²) in [6, 6.07) is 0. The van der Waals surface area contributed by atoms with E-state index in [1.54, 1.807) is 0 Å². The van der Waals surface area contributed by atoms with Gasteiger partial charge in [0.1, 0.15) is 6.61 Å². The van der Waals surface area contributed by atoms with Gasteiger partial charge in [-0.25, -0.2) is 4.79 Å². The average Bonchev–Trinajstić information content (AvgIpc) is 3.15. The van der Waals surface area contributed by atoms with Gasteiger partial charge in [0.25, 0.3) is 0 Å². The van der Waals surface area contributed by atoms with E-state index in [1.165, 1.54) is 7.11 Å². The lowest BCUT2D eigenvalue weighted by Crippen LogP contribution is -2.36. The Morgan fingerprint density at radius 3 is 2.68 bits per heavy atom. The summed E-state index contributed by atoms with van der Waals surface area (Å²) in [6.45, 7) is 0.0280. The van der Waals surface area contributed by atoms with Gasteiger partial charge in [0.2, 0.25) is 11.8 Å². The minimum Gasteiger partial charge on any atom is -0.461 e. The van der Waals surface area contributed by atoms with Gasteiger partial charge in [-0.3, -0.25) is 14.5 Å². The van der Waals surface area contributed by atoms with Crippen LogP contribution >= 0.6 is 0 Å². The molecule has 0 aromatic carbocycles. The van der Waals surface area contributed by atoms with Crippen molar-refractivity contribution >= 4 is 17.8 Å². The molecule has 7 nitrogen and oxygen atoms in total. The molecule has 1 saturated heterocycles. The van der Waals surface area contributed by atoms with Crippen LogP contribution in [-0.2, 0) is 23.9 Å². The van der Waals surface area contributed by atoms with Crippen molar-refractivity contribution in [1.29, 1.82) is 0 Å². The summed E-state index contributed by atoms with van der Waals surface area (Å²) in [6.07, 6.45) is 1.65. The molecule has 2 aliphatic rings. The lowest BCUT2D eigenvalue weighted by molar-refractivity contribution is -0.146. The Balaban J connectivity index is 1.69. The van der Waals surface area contributed by atoms with Gasteiger partial charge in [0.15, 0.2) is 6.29 Å². The molecule has 1 N–H and O–H groups in total. The van der Waals surface area contributed by atoms with Crippen LogP contribution in [0.2, 0.25) is 0 Å². The van der Waals surface area contributed by atoms with E-state index in [-0.39, 0.29) is 36.8 Å². The highest BCUT2D eigenvalue weighted by Crippen LogP contribution is 2.46. The largest absolute Gasteiger partial charge is 0.461 e. The number of piperidine rings is 1. The van der Waals surface area contributed by atoms with E-state index in [1.807, 2.05) is 0 Å². The summed E-state index contributed by atoms with van der Waals surface area (Å²) in [7, 11) is 1.29. The Labute approximate surface area is 109 Å². The van der Waals surface area contributed by atoms with E-state index in [0.29, 0.717) is 6.42 Å². The molecule has 0 radical (unpaired) electrons. The van der Waals surface area contributed by atoms with E-state index in [9.17, 15) is 14.4 Å². The third-order valence-corrected chi connectivity index (χ3v) is 3.15. The molecule has 3 unspecified atom stereocenters. The summed E-state index contributed by atoms with van der Waals surface area (Å²) >= 11 is 0. The Kier molecular flexibility index (Phi) is 3.96. The first-order valence-electron chi connectivity index (χ1n) is 5.95.